The molecule has 0 rings (SSSR count). The van der Waals surface area contributed by atoms with Crippen molar-refractivity contribution < 1.29 is 45.8 Å². The molecule has 0 bridgehead atoms. The first kappa shape index (κ1) is 28.7. The SMILES string of the molecule is C[CH-]C(OCCCC)(OCCCC)C(O)(OCCCC)OCCCC.[Ti]. The largest absolute Gasteiger partial charge is 0.372 e. The van der Waals surface area contributed by atoms with Crippen molar-refractivity contribution in [2.75, 3.05) is 26.4 Å². The minimum Gasteiger partial charge on any atom is -0.372 e. The van der Waals surface area contributed by atoms with Gasteiger partial charge in [-0.3, -0.25) is 6.42 Å². The number of rotatable bonds is 18. The van der Waals surface area contributed by atoms with Gasteiger partial charge in [-0.05, 0) is 25.7 Å². The third-order valence-corrected chi connectivity index (χ3v) is 4.04. The van der Waals surface area contributed by atoms with Crippen molar-refractivity contribution in [3.05, 3.63) is 6.42 Å². The molecule has 5 nitrogen and oxygen atoms in total. The normalized spacial score (nSPS) is 12.2. The molecule has 0 saturated heterocycles. The van der Waals surface area contributed by atoms with Gasteiger partial charge in [0.15, 0.2) is 0 Å². The van der Waals surface area contributed by atoms with Crippen molar-refractivity contribution in [2.45, 2.75) is 97.7 Å². The van der Waals surface area contributed by atoms with E-state index in [1.54, 1.807) is 6.42 Å². The summed E-state index contributed by atoms with van der Waals surface area (Å²) in [6, 6.07) is 0. The maximum Gasteiger partial charge on any atom is 0.306 e. The molecule has 6 heteroatoms. The minimum atomic E-state index is -1.94. The van der Waals surface area contributed by atoms with Crippen LogP contribution in [0.4, 0.5) is 0 Å². The Balaban J connectivity index is 0. The molecule has 26 heavy (non-hydrogen) atoms. The van der Waals surface area contributed by atoms with Crippen LogP contribution in [-0.2, 0) is 40.7 Å². The Morgan fingerprint density at radius 3 is 1.23 bits per heavy atom. The van der Waals surface area contributed by atoms with E-state index in [0.717, 1.165) is 51.4 Å². The summed E-state index contributed by atoms with van der Waals surface area (Å²) in [4.78, 5) is 0. The second-order valence-corrected chi connectivity index (χ2v) is 6.35. The first-order valence-electron chi connectivity index (χ1n) is 10.1. The van der Waals surface area contributed by atoms with E-state index in [4.69, 9.17) is 18.9 Å². The molecular formula is C20H41O5Ti-. The maximum atomic E-state index is 11.2. The third kappa shape index (κ3) is 10.2. The topological polar surface area (TPSA) is 57.2 Å². The van der Waals surface area contributed by atoms with Gasteiger partial charge >= 0.3 is 5.97 Å². The molecule has 156 valence electrons. The molecular weight excluding hydrogens is 368 g/mol. The van der Waals surface area contributed by atoms with Gasteiger partial charge in [0, 0.05) is 34.9 Å². The molecule has 0 aliphatic heterocycles. The zero-order valence-electron chi connectivity index (χ0n) is 17.6. The Hall–Kier alpha value is 0.514. The molecule has 0 aromatic rings. The Bertz CT molecular complexity index is 282. The minimum absolute atomic E-state index is 0. The fourth-order valence-electron chi connectivity index (χ4n) is 2.26. The monoisotopic (exact) mass is 409 g/mol. The van der Waals surface area contributed by atoms with Crippen LogP contribution in [0, 0.1) is 6.42 Å². The molecule has 0 atom stereocenters. The van der Waals surface area contributed by atoms with Crippen LogP contribution < -0.4 is 0 Å². The summed E-state index contributed by atoms with van der Waals surface area (Å²) in [5, 5.41) is 11.2. The van der Waals surface area contributed by atoms with E-state index in [1.165, 1.54) is 0 Å². The van der Waals surface area contributed by atoms with E-state index >= 15 is 0 Å². The van der Waals surface area contributed by atoms with Gasteiger partial charge in [-0.15, -0.1) is 0 Å². The van der Waals surface area contributed by atoms with Gasteiger partial charge < -0.3 is 24.1 Å². The van der Waals surface area contributed by atoms with Crippen LogP contribution in [0.15, 0.2) is 0 Å². The van der Waals surface area contributed by atoms with E-state index in [9.17, 15) is 5.11 Å². The third-order valence-electron chi connectivity index (χ3n) is 4.04. The van der Waals surface area contributed by atoms with Gasteiger partial charge in [-0.25, -0.2) is 0 Å². The van der Waals surface area contributed by atoms with Crippen LogP contribution in [0.3, 0.4) is 0 Å². The first-order valence-corrected chi connectivity index (χ1v) is 10.1. The molecule has 0 radical (unpaired) electrons. The van der Waals surface area contributed by atoms with Crippen LogP contribution in [0.2, 0.25) is 0 Å². The summed E-state index contributed by atoms with van der Waals surface area (Å²) in [5.41, 5.74) is 0. The van der Waals surface area contributed by atoms with Gasteiger partial charge in [-0.1, -0.05) is 53.4 Å². The zero-order valence-corrected chi connectivity index (χ0v) is 19.2. The van der Waals surface area contributed by atoms with Gasteiger partial charge in [0.25, 0.3) is 0 Å². The van der Waals surface area contributed by atoms with Crippen LogP contribution in [0.25, 0.3) is 0 Å². The Morgan fingerprint density at radius 1 is 0.654 bits per heavy atom. The maximum absolute atomic E-state index is 11.2. The smallest absolute Gasteiger partial charge is 0.306 e. The zero-order chi connectivity index (χ0) is 19.0. The van der Waals surface area contributed by atoms with Crippen molar-refractivity contribution in [3.63, 3.8) is 0 Å². The second-order valence-electron chi connectivity index (χ2n) is 6.35. The van der Waals surface area contributed by atoms with Crippen molar-refractivity contribution in [1.82, 2.24) is 0 Å². The van der Waals surface area contributed by atoms with Crippen LogP contribution in [-0.4, -0.2) is 43.3 Å². The van der Waals surface area contributed by atoms with Gasteiger partial charge in [0.1, 0.15) is 5.79 Å². The molecule has 0 unspecified atom stereocenters. The predicted octanol–water partition coefficient (Wildman–Crippen LogP) is 4.82. The quantitative estimate of drug-likeness (QED) is 0.152. The van der Waals surface area contributed by atoms with Crippen LogP contribution in [0.5, 0.6) is 0 Å². The molecule has 1 N–H and O–H groups in total. The number of hydrogen-bond donors (Lipinski definition) is 1. The van der Waals surface area contributed by atoms with Crippen molar-refractivity contribution in [2.24, 2.45) is 0 Å². The number of ether oxygens (including phenoxy) is 4. The molecule has 0 aromatic carbocycles. The van der Waals surface area contributed by atoms with Gasteiger partial charge in [0.05, 0.1) is 13.2 Å². The predicted molar refractivity (Wildman–Crippen MR) is 101 cm³/mol. The van der Waals surface area contributed by atoms with Gasteiger partial charge in [-0.2, -0.15) is 6.92 Å². The molecule has 0 spiro atoms. The average molecular weight is 409 g/mol. The summed E-state index contributed by atoms with van der Waals surface area (Å²) >= 11 is 0. The summed E-state index contributed by atoms with van der Waals surface area (Å²) in [5.74, 6) is -3.35. The molecule has 0 aromatic heterocycles. The molecule has 0 aliphatic carbocycles. The standard InChI is InChI=1S/C20H41O5.Ti/c1-6-11-15-22-19(10-5,23-16-12-7-2)20(21,24-17-13-8-3)25-18-14-9-4;/h10,21H,6-9,11-18H2,1-5H3;/q-1;. The number of unbranched alkanes of at least 4 members (excludes halogenated alkanes) is 4. The average Bonchev–Trinajstić information content (AvgIpc) is 2.61. The number of hydrogen-bond acceptors (Lipinski definition) is 5. The molecule has 0 fully saturated rings. The van der Waals surface area contributed by atoms with Crippen LogP contribution >= 0.6 is 0 Å². The molecule has 0 saturated carbocycles. The first-order chi connectivity index (χ1) is 12.1. The van der Waals surface area contributed by atoms with E-state index in [-0.39, 0.29) is 21.7 Å². The Labute approximate surface area is 176 Å². The Morgan fingerprint density at radius 2 is 0.962 bits per heavy atom. The fraction of sp³-hybridized carbons (Fsp3) is 0.950. The molecule has 0 aliphatic rings. The summed E-state index contributed by atoms with van der Waals surface area (Å²) < 4.78 is 23.6. The van der Waals surface area contributed by atoms with Crippen molar-refractivity contribution in [1.29, 1.82) is 0 Å². The summed E-state index contributed by atoms with van der Waals surface area (Å²) in [6.45, 7) is 11.9. The van der Waals surface area contributed by atoms with Crippen molar-refractivity contribution in [3.8, 4) is 0 Å². The summed E-state index contributed by atoms with van der Waals surface area (Å²) in [7, 11) is 0. The number of aliphatic hydroxyl groups is 1. The fourth-order valence-corrected chi connectivity index (χ4v) is 2.26. The van der Waals surface area contributed by atoms with Crippen molar-refractivity contribution >= 4 is 0 Å². The molecule has 0 amide bonds. The van der Waals surface area contributed by atoms with E-state index < -0.39 is 11.8 Å². The van der Waals surface area contributed by atoms with E-state index in [1.807, 2.05) is 6.92 Å². The van der Waals surface area contributed by atoms with Crippen LogP contribution in [0.1, 0.15) is 86.0 Å². The van der Waals surface area contributed by atoms with Gasteiger partial charge in [0.2, 0.25) is 0 Å². The second kappa shape index (κ2) is 17.6. The van der Waals surface area contributed by atoms with E-state index in [2.05, 4.69) is 27.7 Å². The summed E-state index contributed by atoms with van der Waals surface area (Å²) in [6.07, 6.45) is 9.10. The molecule has 0 heterocycles. The Kier molecular flexibility index (Phi) is 19.4. The van der Waals surface area contributed by atoms with E-state index in [0.29, 0.717) is 26.4 Å².